The molecule has 0 unspecified atom stereocenters. The lowest BCUT2D eigenvalue weighted by atomic mass is 9.92. The normalized spacial score (nSPS) is 21.0. The van der Waals surface area contributed by atoms with E-state index in [1.807, 2.05) is 6.33 Å². The van der Waals surface area contributed by atoms with Crippen LogP contribution in [0.3, 0.4) is 0 Å². The molecule has 0 radical (unpaired) electrons. The number of fused-ring (bicyclic) bond motifs is 1. The van der Waals surface area contributed by atoms with Crippen LogP contribution < -0.4 is 16.4 Å². The predicted molar refractivity (Wildman–Crippen MR) is 103 cm³/mol. The Balaban J connectivity index is 1.87. The Bertz CT molecular complexity index is 686. The molecular weight excluding hydrogens is 314 g/mol. The highest BCUT2D eigenvalue weighted by atomic mass is 15.2. The van der Waals surface area contributed by atoms with Gasteiger partial charge in [0.2, 0.25) is 5.95 Å². The largest absolute Gasteiger partial charge is 0.368 e. The van der Waals surface area contributed by atoms with E-state index < -0.39 is 0 Å². The lowest BCUT2D eigenvalue weighted by molar-refractivity contribution is 0.410. The number of unbranched alkanes of at least 4 members (excludes halogenated alkanes) is 1. The van der Waals surface area contributed by atoms with E-state index in [-0.39, 0.29) is 0 Å². The third-order valence-corrected chi connectivity index (χ3v) is 4.91. The Kier molecular flexibility index (Phi) is 5.73. The van der Waals surface area contributed by atoms with Gasteiger partial charge in [-0.2, -0.15) is 9.97 Å². The molecule has 0 aliphatic heterocycles. The molecule has 1 aliphatic carbocycles. The van der Waals surface area contributed by atoms with Gasteiger partial charge in [-0.15, -0.1) is 0 Å². The summed E-state index contributed by atoms with van der Waals surface area (Å²) in [4.78, 5) is 14.0. The SMILES string of the molecule is CCCCNc1nc(N[C@H]2CC[C@H](N)CC2)nc2c1ncn2C(C)C. The van der Waals surface area contributed by atoms with Crippen molar-refractivity contribution < 1.29 is 0 Å². The van der Waals surface area contributed by atoms with E-state index in [1.54, 1.807) is 0 Å². The molecule has 138 valence electrons. The van der Waals surface area contributed by atoms with Gasteiger partial charge in [-0.1, -0.05) is 13.3 Å². The number of aromatic nitrogens is 4. The maximum atomic E-state index is 6.02. The highest BCUT2D eigenvalue weighted by molar-refractivity contribution is 5.84. The molecule has 0 amide bonds. The van der Waals surface area contributed by atoms with Gasteiger partial charge in [-0.3, -0.25) is 0 Å². The van der Waals surface area contributed by atoms with Gasteiger partial charge in [0, 0.05) is 24.7 Å². The Morgan fingerprint density at radius 1 is 1.24 bits per heavy atom. The van der Waals surface area contributed by atoms with Crippen LogP contribution in [0.15, 0.2) is 6.33 Å². The number of nitrogens with one attached hydrogen (secondary N) is 2. The van der Waals surface area contributed by atoms with Gasteiger partial charge in [0.25, 0.3) is 0 Å². The third-order valence-electron chi connectivity index (χ3n) is 4.91. The Morgan fingerprint density at radius 3 is 2.68 bits per heavy atom. The molecule has 2 aromatic heterocycles. The quantitative estimate of drug-likeness (QED) is 0.667. The van der Waals surface area contributed by atoms with Crippen molar-refractivity contribution in [1.29, 1.82) is 0 Å². The number of rotatable bonds is 7. The van der Waals surface area contributed by atoms with Gasteiger partial charge in [0.15, 0.2) is 17.0 Å². The number of imidazole rings is 1. The smallest absolute Gasteiger partial charge is 0.227 e. The monoisotopic (exact) mass is 345 g/mol. The second-order valence-electron chi connectivity index (χ2n) is 7.35. The van der Waals surface area contributed by atoms with Gasteiger partial charge in [0.05, 0.1) is 6.33 Å². The minimum Gasteiger partial charge on any atom is -0.368 e. The molecule has 0 saturated heterocycles. The Morgan fingerprint density at radius 2 is 2.00 bits per heavy atom. The molecule has 4 N–H and O–H groups in total. The fraction of sp³-hybridized carbons (Fsp3) is 0.722. The van der Waals surface area contributed by atoms with Gasteiger partial charge < -0.3 is 20.9 Å². The number of nitrogens with zero attached hydrogens (tertiary/aromatic N) is 4. The fourth-order valence-corrected chi connectivity index (χ4v) is 3.31. The minimum absolute atomic E-state index is 0.309. The highest BCUT2D eigenvalue weighted by Gasteiger charge is 2.21. The van der Waals surface area contributed by atoms with Crippen molar-refractivity contribution in [2.24, 2.45) is 5.73 Å². The zero-order valence-corrected chi connectivity index (χ0v) is 15.6. The minimum atomic E-state index is 0.309. The highest BCUT2D eigenvalue weighted by Crippen LogP contribution is 2.25. The summed E-state index contributed by atoms with van der Waals surface area (Å²) in [6.07, 6.45) is 8.39. The number of anilines is 2. The average Bonchev–Trinajstić information content (AvgIpc) is 3.01. The molecule has 0 aromatic carbocycles. The van der Waals surface area contributed by atoms with Crippen LogP contribution in [0, 0.1) is 0 Å². The second-order valence-corrected chi connectivity index (χ2v) is 7.35. The second kappa shape index (κ2) is 7.99. The van der Waals surface area contributed by atoms with Gasteiger partial charge in [-0.25, -0.2) is 4.98 Å². The molecule has 7 nitrogen and oxygen atoms in total. The molecular formula is C18H31N7. The van der Waals surface area contributed by atoms with Crippen molar-refractivity contribution in [3.8, 4) is 0 Å². The van der Waals surface area contributed by atoms with Crippen molar-refractivity contribution in [2.45, 2.75) is 77.4 Å². The summed E-state index contributed by atoms with van der Waals surface area (Å²) in [5.74, 6) is 1.52. The first-order chi connectivity index (χ1) is 12.1. The summed E-state index contributed by atoms with van der Waals surface area (Å²) < 4.78 is 2.10. The van der Waals surface area contributed by atoms with Crippen molar-refractivity contribution >= 4 is 22.9 Å². The van der Waals surface area contributed by atoms with E-state index >= 15 is 0 Å². The van der Waals surface area contributed by atoms with Crippen molar-refractivity contribution in [3.05, 3.63) is 6.33 Å². The van der Waals surface area contributed by atoms with Crippen LogP contribution in [-0.2, 0) is 0 Å². The first-order valence-electron chi connectivity index (χ1n) is 9.59. The molecule has 2 heterocycles. The van der Waals surface area contributed by atoms with Crippen molar-refractivity contribution in [3.63, 3.8) is 0 Å². The van der Waals surface area contributed by atoms with E-state index in [0.717, 1.165) is 62.1 Å². The first-order valence-corrected chi connectivity index (χ1v) is 9.59. The van der Waals surface area contributed by atoms with E-state index in [2.05, 4.69) is 41.0 Å². The van der Waals surface area contributed by atoms with Crippen LogP contribution in [0.4, 0.5) is 11.8 Å². The summed E-state index contributed by atoms with van der Waals surface area (Å²) in [5.41, 5.74) is 7.75. The summed E-state index contributed by atoms with van der Waals surface area (Å²) in [7, 11) is 0. The molecule has 0 spiro atoms. The lowest BCUT2D eigenvalue weighted by Crippen LogP contribution is -2.33. The molecule has 0 atom stereocenters. The van der Waals surface area contributed by atoms with Gasteiger partial charge in [-0.05, 0) is 46.0 Å². The molecule has 1 fully saturated rings. The van der Waals surface area contributed by atoms with E-state index in [1.165, 1.54) is 0 Å². The zero-order chi connectivity index (χ0) is 17.8. The van der Waals surface area contributed by atoms with Crippen LogP contribution in [0.1, 0.15) is 65.3 Å². The molecule has 3 rings (SSSR count). The van der Waals surface area contributed by atoms with Crippen LogP contribution in [0.2, 0.25) is 0 Å². The maximum absolute atomic E-state index is 6.02. The number of hydrogen-bond acceptors (Lipinski definition) is 6. The molecule has 0 bridgehead atoms. The average molecular weight is 345 g/mol. The standard InChI is InChI=1S/C18H31N7/c1-4-5-10-20-16-15-17(25(11-21-15)12(2)3)24-18(23-16)22-14-8-6-13(19)7-9-14/h11-14H,4-10,19H2,1-3H3,(H2,20,22,23,24)/t13-,14-. The lowest BCUT2D eigenvalue weighted by Gasteiger charge is -2.27. The van der Waals surface area contributed by atoms with Gasteiger partial charge >= 0.3 is 0 Å². The van der Waals surface area contributed by atoms with Crippen LogP contribution >= 0.6 is 0 Å². The van der Waals surface area contributed by atoms with Crippen LogP contribution in [0.5, 0.6) is 0 Å². The van der Waals surface area contributed by atoms with E-state index in [4.69, 9.17) is 15.7 Å². The number of nitrogens with two attached hydrogens (primary N) is 1. The molecule has 1 saturated carbocycles. The molecule has 7 heteroatoms. The molecule has 1 aliphatic rings. The summed E-state index contributed by atoms with van der Waals surface area (Å²) in [5, 5.41) is 6.96. The summed E-state index contributed by atoms with van der Waals surface area (Å²) >= 11 is 0. The first kappa shape index (κ1) is 17.9. The van der Waals surface area contributed by atoms with Crippen LogP contribution in [0.25, 0.3) is 11.2 Å². The van der Waals surface area contributed by atoms with Crippen molar-refractivity contribution in [2.75, 3.05) is 17.2 Å². The summed E-state index contributed by atoms with van der Waals surface area (Å²) in [6, 6.07) is 1.05. The topological polar surface area (TPSA) is 93.7 Å². The fourth-order valence-electron chi connectivity index (χ4n) is 3.31. The van der Waals surface area contributed by atoms with Crippen LogP contribution in [-0.4, -0.2) is 38.1 Å². The zero-order valence-electron chi connectivity index (χ0n) is 15.6. The Hall–Kier alpha value is -1.89. The third kappa shape index (κ3) is 4.21. The van der Waals surface area contributed by atoms with Gasteiger partial charge in [0.1, 0.15) is 0 Å². The summed E-state index contributed by atoms with van der Waals surface area (Å²) in [6.45, 7) is 7.37. The molecule has 25 heavy (non-hydrogen) atoms. The molecule has 2 aromatic rings. The Labute approximate surface area is 149 Å². The van der Waals surface area contributed by atoms with Crippen molar-refractivity contribution in [1.82, 2.24) is 19.5 Å². The maximum Gasteiger partial charge on any atom is 0.227 e. The van der Waals surface area contributed by atoms with E-state index in [0.29, 0.717) is 24.1 Å². The predicted octanol–water partition coefficient (Wildman–Crippen LogP) is 3.30. The number of hydrogen-bond donors (Lipinski definition) is 3. The van der Waals surface area contributed by atoms with E-state index in [9.17, 15) is 0 Å².